The van der Waals surface area contributed by atoms with Crippen LogP contribution < -0.4 is 14.8 Å². The van der Waals surface area contributed by atoms with Gasteiger partial charge in [0.25, 0.3) is 5.91 Å². The van der Waals surface area contributed by atoms with E-state index >= 15 is 0 Å². The van der Waals surface area contributed by atoms with E-state index in [0.29, 0.717) is 28.6 Å². The molecule has 0 spiro atoms. The number of nitrogens with one attached hydrogen (secondary N) is 1. The van der Waals surface area contributed by atoms with Gasteiger partial charge in [0, 0.05) is 16.6 Å². The maximum atomic E-state index is 12.2. The van der Waals surface area contributed by atoms with Crippen LogP contribution in [0.1, 0.15) is 21.1 Å². The van der Waals surface area contributed by atoms with Gasteiger partial charge < -0.3 is 14.8 Å². The molecule has 0 saturated carbocycles. The van der Waals surface area contributed by atoms with Gasteiger partial charge in [-0.15, -0.1) is 11.3 Å². The maximum Gasteiger partial charge on any atom is 0.251 e. The molecule has 1 heterocycles. The third kappa shape index (κ3) is 3.65. The van der Waals surface area contributed by atoms with Crippen LogP contribution in [0.25, 0.3) is 0 Å². The minimum atomic E-state index is -0.245. The zero-order chi connectivity index (χ0) is 15.4. The van der Waals surface area contributed by atoms with Gasteiger partial charge in [0.2, 0.25) is 0 Å². The van der Waals surface area contributed by atoms with Gasteiger partial charge in [0.15, 0.2) is 11.5 Å². The maximum absolute atomic E-state index is 12.2. The summed E-state index contributed by atoms with van der Waals surface area (Å²) in [5, 5.41) is 5.92. The van der Waals surface area contributed by atoms with E-state index in [9.17, 15) is 4.79 Å². The van der Waals surface area contributed by atoms with Gasteiger partial charge in [0.05, 0.1) is 25.8 Å². The Hall–Kier alpha value is -1.79. The highest BCUT2D eigenvalue weighted by Gasteiger charge is 2.15. The van der Waals surface area contributed by atoms with Gasteiger partial charge in [-0.1, -0.05) is 11.6 Å². The lowest BCUT2D eigenvalue weighted by Gasteiger charge is -2.11. The van der Waals surface area contributed by atoms with Crippen LogP contribution in [-0.4, -0.2) is 25.1 Å². The van der Waals surface area contributed by atoms with E-state index in [1.807, 2.05) is 12.3 Å². The third-order valence-corrected chi connectivity index (χ3v) is 4.01. The number of ether oxygens (including phenoxy) is 2. The molecule has 1 aromatic carbocycles. The number of hydrogen-bond acceptors (Lipinski definition) is 5. The summed E-state index contributed by atoms with van der Waals surface area (Å²) in [6.45, 7) is 2.29. The molecule has 1 aromatic heterocycles. The normalized spacial score (nSPS) is 10.3. The van der Waals surface area contributed by atoms with Crippen molar-refractivity contribution in [2.24, 2.45) is 0 Å². The Kier molecular flexibility index (Phi) is 5.03. The van der Waals surface area contributed by atoms with E-state index in [1.54, 1.807) is 12.1 Å². The molecule has 21 heavy (non-hydrogen) atoms. The number of aryl methyl sites for hydroxylation is 1. The molecule has 1 N–H and O–H groups in total. The SMILES string of the molecule is COc1cc(C(=O)NCc2nc(C)cs2)cc(Cl)c1OC. The molecule has 0 aliphatic rings. The van der Waals surface area contributed by atoms with Crippen LogP contribution in [-0.2, 0) is 6.54 Å². The topological polar surface area (TPSA) is 60.5 Å². The van der Waals surface area contributed by atoms with E-state index in [0.717, 1.165) is 10.7 Å². The third-order valence-electron chi connectivity index (χ3n) is 2.76. The van der Waals surface area contributed by atoms with Gasteiger partial charge in [-0.3, -0.25) is 4.79 Å². The van der Waals surface area contributed by atoms with Crippen molar-refractivity contribution < 1.29 is 14.3 Å². The average Bonchev–Trinajstić information content (AvgIpc) is 2.89. The Morgan fingerprint density at radius 2 is 2.14 bits per heavy atom. The van der Waals surface area contributed by atoms with Crippen molar-refractivity contribution in [3.63, 3.8) is 0 Å². The van der Waals surface area contributed by atoms with E-state index in [2.05, 4.69) is 10.3 Å². The number of nitrogens with zero attached hydrogens (tertiary/aromatic N) is 1. The summed E-state index contributed by atoms with van der Waals surface area (Å²) in [5.74, 6) is 0.581. The van der Waals surface area contributed by atoms with Crippen LogP contribution >= 0.6 is 22.9 Å². The average molecular weight is 327 g/mol. The molecular formula is C14H15ClN2O3S. The van der Waals surface area contributed by atoms with Gasteiger partial charge in [-0.2, -0.15) is 0 Å². The predicted molar refractivity (Wildman–Crippen MR) is 82.6 cm³/mol. The lowest BCUT2D eigenvalue weighted by molar-refractivity contribution is 0.0950. The number of benzene rings is 1. The number of carbonyl (C=O) groups is 1. The second-order valence-electron chi connectivity index (χ2n) is 4.26. The lowest BCUT2D eigenvalue weighted by atomic mass is 10.2. The molecule has 112 valence electrons. The molecule has 0 unspecified atom stereocenters. The number of methoxy groups -OCH3 is 2. The van der Waals surface area contributed by atoms with E-state index in [4.69, 9.17) is 21.1 Å². The van der Waals surface area contributed by atoms with Gasteiger partial charge in [-0.05, 0) is 19.1 Å². The Morgan fingerprint density at radius 1 is 1.38 bits per heavy atom. The summed E-state index contributed by atoms with van der Waals surface area (Å²) in [5.41, 5.74) is 1.35. The minimum absolute atomic E-state index is 0.245. The first-order valence-corrected chi connectivity index (χ1v) is 7.41. The standard InChI is InChI=1S/C14H15ClN2O3S/c1-8-7-21-12(17-8)6-16-14(18)9-4-10(15)13(20-3)11(5-9)19-2/h4-5,7H,6H2,1-3H3,(H,16,18). The molecule has 0 aliphatic carbocycles. The summed E-state index contributed by atoms with van der Waals surface area (Å²) in [4.78, 5) is 16.4. The van der Waals surface area contributed by atoms with Crippen LogP contribution in [0, 0.1) is 6.92 Å². The lowest BCUT2D eigenvalue weighted by Crippen LogP contribution is -2.22. The number of halogens is 1. The summed E-state index contributed by atoms with van der Waals surface area (Å²) in [6, 6.07) is 3.14. The van der Waals surface area contributed by atoms with Gasteiger partial charge in [-0.25, -0.2) is 4.98 Å². The molecule has 2 aromatic rings. The molecular weight excluding hydrogens is 312 g/mol. The van der Waals surface area contributed by atoms with Crippen molar-refractivity contribution in [1.82, 2.24) is 10.3 Å². The largest absolute Gasteiger partial charge is 0.493 e. The first-order chi connectivity index (χ1) is 10.0. The molecule has 1 amide bonds. The quantitative estimate of drug-likeness (QED) is 0.917. The fourth-order valence-corrected chi connectivity index (χ4v) is 2.79. The van der Waals surface area contributed by atoms with E-state index < -0.39 is 0 Å². The van der Waals surface area contributed by atoms with Crippen LogP contribution in [0.4, 0.5) is 0 Å². The van der Waals surface area contributed by atoms with Gasteiger partial charge >= 0.3 is 0 Å². The van der Waals surface area contributed by atoms with E-state index in [1.165, 1.54) is 25.6 Å². The van der Waals surface area contributed by atoms with Crippen LogP contribution in [0.15, 0.2) is 17.5 Å². The van der Waals surface area contributed by atoms with Crippen molar-refractivity contribution in [1.29, 1.82) is 0 Å². The fourth-order valence-electron chi connectivity index (χ4n) is 1.79. The number of hydrogen-bond donors (Lipinski definition) is 1. The molecule has 5 nitrogen and oxygen atoms in total. The van der Waals surface area contributed by atoms with Crippen molar-refractivity contribution in [2.45, 2.75) is 13.5 Å². The summed E-state index contributed by atoms with van der Waals surface area (Å²) < 4.78 is 10.3. The Labute approximate surface area is 131 Å². The Morgan fingerprint density at radius 3 is 2.71 bits per heavy atom. The number of carbonyl (C=O) groups excluding carboxylic acids is 1. The number of amides is 1. The Bertz CT molecular complexity index is 658. The van der Waals surface area contributed by atoms with Gasteiger partial charge in [0.1, 0.15) is 5.01 Å². The van der Waals surface area contributed by atoms with Crippen LogP contribution in [0.3, 0.4) is 0 Å². The van der Waals surface area contributed by atoms with Crippen LogP contribution in [0.5, 0.6) is 11.5 Å². The number of aromatic nitrogens is 1. The molecule has 7 heteroatoms. The smallest absolute Gasteiger partial charge is 0.251 e. The van der Waals surface area contributed by atoms with Crippen molar-refractivity contribution >= 4 is 28.8 Å². The molecule has 0 fully saturated rings. The first-order valence-electron chi connectivity index (χ1n) is 6.16. The highest BCUT2D eigenvalue weighted by Crippen LogP contribution is 2.35. The number of rotatable bonds is 5. The zero-order valence-corrected chi connectivity index (χ0v) is 13.5. The molecule has 0 aliphatic heterocycles. The predicted octanol–water partition coefficient (Wildman–Crippen LogP) is 3.05. The van der Waals surface area contributed by atoms with Crippen molar-refractivity contribution in [2.75, 3.05) is 14.2 Å². The minimum Gasteiger partial charge on any atom is -0.493 e. The second kappa shape index (κ2) is 6.78. The molecule has 0 atom stereocenters. The zero-order valence-electron chi connectivity index (χ0n) is 11.9. The van der Waals surface area contributed by atoms with E-state index in [-0.39, 0.29) is 5.91 Å². The summed E-state index contributed by atoms with van der Waals surface area (Å²) in [6.07, 6.45) is 0. The monoisotopic (exact) mass is 326 g/mol. The first kappa shape index (κ1) is 15.6. The van der Waals surface area contributed by atoms with Crippen molar-refractivity contribution in [3.8, 4) is 11.5 Å². The van der Waals surface area contributed by atoms with Crippen LogP contribution in [0.2, 0.25) is 5.02 Å². The summed E-state index contributed by atoms with van der Waals surface area (Å²) >= 11 is 7.59. The molecule has 2 rings (SSSR count). The second-order valence-corrected chi connectivity index (χ2v) is 5.61. The Balaban J connectivity index is 2.13. The fraction of sp³-hybridized carbons (Fsp3) is 0.286. The molecule has 0 bridgehead atoms. The molecule has 0 radical (unpaired) electrons. The summed E-state index contributed by atoms with van der Waals surface area (Å²) in [7, 11) is 2.99. The molecule has 0 saturated heterocycles. The van der Waals surface area contributed by atoms with Crippen molar-refractivity contribution in [3.05, 3.63) is 38.8 Å². The highest BCUT2D eigenvalue weighted by molar-refractivity contribution is 7.09. The highest BCUT2D eigenvalue weighted by atomic mass is 35.5. The number of thiazole rings is 1.